The lowest BCUT2D eigenvalue weighted by Gasteiger charge is -2.33. The van der Waals surface area contributed by atoms with Crippen molar-refractivity contribution in [2.45, 2.75) is 18.8 Å². The lowest BCUT2D eigenvalue weighted by Crippen LogP contribution is -2.30. The zero-order valence-electron chi connectivity index (χ0n) is 7.61. The average molecular weight is 211 g/mol. The molecule has 1 aliphatic carbocycles. The van der Waals surface area contributed by atoms with Gasteiger partial charge in [0.05, 0.1) is 5.92 Å². The number of halogens is 1. The van der Waals surface area contributed by atoms with E-state index in [-0.39, 0.29) is 11.8 Å². The monoisotopic (exact) mass is 210 g/mol. The van der Waals surface area contributed by atoms with E-state index in [0.29, 0.717) is 5.02 Å². The first-order chi connectivity index (χ1) is 6.68. The fraction of sp³-hybridized carbons (Fsp3) is 0.364. The number of benzene rings is 1. The van der Waals surface area contributed by atoms with Crippen LogP contribution in [0, 0.1) is 5.92 Å². The Kier molecular flexibility index (Phi) is 2.46. The number of carbonyl (C=O) groups is 1. The molecule has 1 aromatic carbocycles. The summed E-state index contributed by atoms with van der Waals surface area (Å²) in [4.78, 5) is 10.8. The van der Waals surface area contributed by atoms with Gasteiger partial charge in [-0.3, -0.25) is 4.79 Å². The predicted molar refractivity (Wildman–Crippen MR) is 54.6 cm³/mol. The summed E-state index contributed by atoms with van der Waals surface area (Å²) in [5, 5.41) is 9.59. The number of carboxylic acids is 1. The van der Waals surface area contributed by atoms with Crippen LogP contribution in [0.1, 0.15) is 24.3 Å². The van der Waals surface area contributed by atoms with Gasteiger partial charge in [-0.15, -0.1) is 0 Å². The van der Waals surface area contributed by atoms with Crippen LogP contribution in [0.15, 0.2) is 24.3 Å². The minimum absolute atomic E-state index is 0.185. The van der Waals surface area contributed by atoms with Crippen molar-refractivity contribution in [3.05, 3.63) is 34.9 Å². The third-order valence-electron chi connectivity index (χ3n) is 2.89. The number of hydrogen-bond acceptors (Lipinski definition) is 1. The van der Waals surface area contributed by atoms with E-state index in [1.165, 1.54) is 0 Å². The van der Waals surface area contributed by atoms with E-state index in [1.807, 2.05) is 24.3 Å². The van der Waals surface area contributed by atoms with E-state index < -0.39 is 5.97 Å². The summed E-state index contributed by atoms with van der Waals surface area (Å²) in [6.45, 7) is 0. The second-order valence-corrected chi connectivity index (χ2v) is 4.12. The Bertz CT molecular complexity index is 345. The van der Waals surface area contributed by atoms with Crippen molar-refractivity contribution in [2.24, 2.45) is 5.92 Å². The van der Waals surface area contributed by atoms with E-state index >= 15 is 0 Å². The zero-order chi connectivity index (χ0) is 10.1. The molecule has 2 nitrogen and oxygen atoms in total. The summed E-state index contributed by atoms with van der Waals surface area (Å²) in [7, 11) is 0. The van der Waals surface area contributed by atoms with Gasteiger partial charge in [0, 0.05) is 5.02 Å². The maximum absolute atomic E-state index is 10.8. The number of aliphatic carboxylic acids is 1. The molecule has 0 heterocycles. The highest BCUT2D eigenvalue weighted by Gasteiger charge is 2.37. The van der Waals surface area contributed by atoms with E-state index in [0.717, 1.165) is 18.4 Å². The smallest absolute Gasteiger partial charge is 0.307 e. The summed E-state index contributed by atoms with van der Waals surface area (Å²) in [5.74, 6) is -0.697. The van der Waals surface area contributed by atoms with Crippen molar-refractivity contribution in [3.8, 4) is 0 Å². The minimum Gasteiger partial charge on any atom is -0.481 e. The molecule has 1 fully saturated rings. The second kappa shape index (κ2) is 3.62. The van der Waals surface area contributed by atoms with Crippen LogP contribution in [-0.2, 0) is 4.79 Å². The highest BCUT2D eigenvalue weighted by molar-refractivity contribution is 6.30. The van der Waals surface area contributed by atoms with Gasteiger partial charge in [-0.25, -0.2) is 0 Å². The number of rotatable bonds is 2. The van der Waals surface area contributed by atoms with Gasteiger partial charge in [-0.05, 0) is 36.5 Å². The molecule has 0 bridgehead atoms. The van der Waals surface area contributed by atoms with Crippen molar-refractivity contribution in [3.63, 3.8) is 0 Å². The van der Waals surface area contributed by atoms with Crippen molar-refractivity contribution < 1.29 is 9.90 Å². The number of hydrogen-bond donors (Lipinski definition) is 1. The van der Waals surface area contributed by atoms with Crippen molar-refractivity contribution in [2.75, 3.05) is 0 Å². The first kappa shape index (κ1) is 9.53. The molecule has 0 amide bonds. The molecule has 0 saturated heterocycles. The van der Waals surface area contributed by atoms with Crippen molar-refractivity contribution in [1.29, 1.82) is 0 Å². The zero-order valence-corrected chi connectivity index (χ0v) is 8.37. The molecule has 1 aromatic rings. The Morgan fingerprint density at radius 3 is 2.36 bits per heavy atom. The van der Waals surface area contributed by atoms with Gasteiger partial charge in [-0.1, -0.05) is 23.7 Å². The molecule has 0 radical (unpaired) electrons. The van der Waals surface area contributed by atoms with Crippen LogP contribution in [0.2, 0.25) is 5.02 Å². The van der Waals surface area contributed by atoms with Gasteiger partial charge in [0.1, 0.15) is 0 Å². The van der Waals surface area contributed by atoms with Crippen molar-refractivity contribution >= 4 is 17.6 Å². The Balaban J connectivity index is 2.16. The Labute approximate surface area is 87.5 Å². The maximum atomic E-state index is 10.8. The molecule has 1 N–H and O–H groups in total. The predicted octanol–water partition coefficient (Wildman–Crippen LogP) is 2.92. The van der Waals surface area contributed by atoms with E-state index in [9.17, 15) is 4.79 Å². The first-order valence-electron chi connectivity index (χ1n) is 4.67. The summed E-state index contributed by atoms with van der Waals surface area (Å²) < 4.78 is 0. The first-order valence-corrected chi connectivity index (χ1v) is 5.04. The fourth-order valence-corrected chi connectivity index (χ4v) is 2.03. The Morgan fingerprint density at radius 1 is 1.29 bits per heavy atom. The standard InChI is InChI=1S/C11H11ClO2/c12-8-3-1-7(2-4-8)9-5-6-10(9)11(13)14/h1-4,9-10H,5-6H2,(H,13,14). The molecule has 14 heavy (non-hydrogen) atoms. The Hall–Kier alpha value is -1.02. The molecular formula is C11H11ClO2. The summed E-state index contributed by atoms with van der Waals surface area (Å²) in [5.41, 5.74) is 1.09. The highest BCUT2D eigenvalue weighted by atomic mass is 35.5. The fourth-order valence-electron chi connectivity index (χ4n) is 1.90. The second-order valence-electron chi connectivity index (χ2n) is 3.68. The van der Waals surface area contributed by atoms with E-state index in [2.05, 4.69) is 0 Å². The molecule has 0 spiro atoms. The largest absolute Gasteiger partial charge is 0.481 e. The molecule has 1 aliphatic rings. The molecule has 3 heteroatoms. The minimum atomic E-state index is -0.684. The topological polar surface area (TPSA) is 37.3 Å². The third kappa shape index (κ3) is 1.62. The van der Waals surface area contributed by atoms with Crippen LogP contribution >= 0.6 is 11.6 Å². The van der Waals surface area contributed by atoms with Gasteiger partial charge in [-0.2, -0.15) is 0 Å². The van der Waals surface area contributed by atoms with E-state index in [4.69, 9.17) is 16.7 Å². The van der Waals surface area contributed by atoms with Gasteiger partial charge >= 0.3 is 5.97 Å². The highest BCUT2D eigenvalue weighted by Crippen LogP contribution is 2.42. The molecule has 2 unspecified atom stereocenters. The summed E-state index contributed by atoms with van der Waals surface area (Å²) >= 11 is 5.76. The molecule has 0 aromatic heterocycles. The van der Waals surface area contributed by atoms with Gasteiger partial charge in [0.25, 0.3) is 0 Å². The number of carboxylic acid groups (broad SMARTS) is 1. The maximum Gasteiger partial charge on any atom is 0.307 e. The van der Waals surface area contributed by atoms with Crippen LogP contribution in [0.4, 0.5) is 0 Å². The summed E-state index contributed by atoms with van der Waals surface area (Å²) in [6.07, 6.45) is 1.77. The molecule has 2 atom stereocenters. The van der Waals surface area contributed by atoms with Crippen LogP contribution in [0.3, 0.4) is 0 Å². The van der Waals surface area contributed by atoms with Gasteiger partial charge in [0.15, 0.2) is 0 Å². The lowest BCUT2D eigenvalue weighted by molar-refractivity contribution is -0.145. The summed E-state index contributed by atoms with van der Waals surface area (Å²) in [6, 6.07) is 7.46. The van der Waals surface area contributed by atoms with Crippen molar-refractivity contribution in [1.82, 2.24) is 0 Å². The SMILES string of the molecule is O=C(O)C1CCC1c1ccc(Cl)cc1. The van der Waals surface area contributed by atoms with Crippen LogP contribution in [0.25, 0.3) is 0 Å². The third-order valence-corrected chi connectivity index (χ3v) is 3.14. The van der Waals surface area contributed by atoms with Gasteiger partial charge in [0.2, 0.25) is 0 Å². The van der Waals surface area contributed by atoms with Gasteiger partial charge < -0.3 is 5.11 Å². The van der Waals surface area contributed by atoms with Crippen LogP contribution in [0.5, 0.6) is 0 Å². The molecule has 1 saturated carbocycles. The van der Waals surface area contributed by atoms with E-state index in [1.54, 1.807) is 0 Å². The normalized spacial score (nSPS) is 25.5. The molecule has 0 aliphatic heterocycles. The quantitative estimate of drug-likeness (QED) is 0.815. The molecular weight excluding hydrogens is 200 g/mol. The Morgan fingerprint density at radius 2 is 1.93 bits per heavy atom. The van der Waals surface area contributed by atoms with Crippen LogP contribution < -0.4 is 0 Å². The molecule has 2 rings (SSSR count). The average Bonchev–Trinajstić information content (AvgIpc) is 2.05. The van der Waals surface area contributed by atoms with Crippen LogP contribution in [-0.4, -0.2) is 11.1 Å². The lowest BCUT2D eigenvalue weighted by atomic mass is 9.70. The molecule has 74 valence electrons.